The molecule has 3 aromatic rings. The van der Waals surface area contributed by atoms with E-state index in [1.165, 1.54) is 16.6 Å². The number of aromatic nitrogens is 1. The van der Waals surface area contributed by atoms with Crippen LogP contribution in [0.5, 0.6) is 0 Å². The lowest BCUT2D eigenvalue weighted by Crippen LogP contribution is -2.41. The summed E-state index contributed by atoms with van der Waals surface area (Å²) in [7, 11) is 0. The minimum atomic E-state index is 0.0936. The van der Waals surface area contributed by atoms with Gasteiger partial charge in [0.05, 0.1) is 12.5 Å². The Kier molecular flexibility index (Phi) is 4.96. The Bertz CT molecular complexity index is 961. The normalized spacial score (nSPS) is 16.7. The molecule has 3 nitrogen and oxygen atoms in total. The molecule has 1 aliphatic rings. The largest absolute Gasteiger partial charge is 0.356 e. The number of aromatic amines is 1. The summed E-state index contributed by atoms with van der Waals surface area (Å²) < 4.78 is 0. The van der Waals surface area contributed by atoms with Crippen molar-refractivity contribution < 1.29 is 4.79 Å². The fraction of sp³-hybridized carbons (Fsp3) is 0.348. The number of carbonyl (C=O) groups excluding carboxylic acids is 1. The predicted molar refractivity (Wildman–Crippen MR) is 111 cm³/mol. The highest BCUT2D eigenvalue weighted by atomic mass is 35.5. The van der Waals surface area contributed by atoms with Crippen LogP contribution in [0.2, 0.25) is 5.02 Å². The van der Waals surface area contributed by atoms with Gasteiger partial charge in [0.1, 0.15) is 0 Å². The first-order chi connectivity index (χ1) is 13.0. The van der Waals surface area contributed by atoms with Crippen LogP contribution in [0.15, 0.2) is 48.5 Å². The van der Waals surface area contributed by atoms with Crippen molar-refractivity contribution in [3.8, 4) is 0 Å². The average Bonchev–Trinajstić information content (AvgIpc) is 3.01. The molecule has 1 unspecified atom stereocenters. The van der Waals surface area contributed by atoms with Gasteiger partial charge in [-0.05, 0) is 48.1 Å². The summed E-state index contributed by atoms with van der Waals surface area (Å²) in [5.74, 6) is 0.706. The molecule has 2 aromatic carbocycles. The molecule has 1 atom stereocenters. The zero-order valence-corrected chi connectivity index (χ0v) is 16.6. The van der Waals surface area contributed by atoms with Gasteiger partial charge >= 0.3 is 0 Å². The third-order valence-electron chi connectivity index (χ3n) is 5.43. The van der Waals surface area contributed by atoms with E-state index in [1.54, 1.807) is 0 Å². The van der Waals surface area contributed by atoms with Crippen LogP contribution in [0.4, 0.5) is 0 Å². The van der Waals surface area contributed by atoms with E-state index in [2.05, 4.69) is 23.7 Å². The molecule has 0 spiro atoms. The standard InChI is InChI=1S/C23H25ClN2O/c1-15(2)12-21-23-18(19-14-17(24)8-9-20(19)25-23)10-11-26(21)22(27)13-16-6-4-3-5-7-16/h3-9,14-15,21,25H,10-13H2,1-2H3. The monoisotopic (exact) mass is 380 g/mol. The second kappa shape index (κ2) is 7.40. The summed E-state index contributed by atoms with van der Waals surface area (Å²) in [6, 6.07) is 16.1. The second-order valence-electron chi connectivity index (χ2n) is 7.85. The molecule has 1 amide bonds. The maximum absolute atomic E-state index is 13.1. The zero-order valence-electron chi connectivity index (χ0n) is 15.8. The van der Waals surface area contributed by atoms with Crippen LogP contribution in [-0.2, 0) is 17.6 Å². The Morgan fingerprint density at radius 1 is 1.22 bits per heavy atom. The van der Waals surface area contributed by atoms with E-state index in [0.29, 0.717) is 12.3 Å². The first kappa shape index (κ1) is 18.1. The van der Waals surface area contributed by atoms with E-state index in [-0.39, 0.29) is 11.9 Å². The first-order valence-corrected chi connectivity index (χ1v) is 10.0. The number of nitrogens with one attached hydrogen (secondary N) is 1. The van der Waals surface area contributed by atoms with Gasteiger partial charge in [0.15, 0.2) is 0 Å². The number of halogens is 1. The highest BCUT2D eigenvalue weighted by Gasteiger charge is 2.33. The minimum absolute atomic E-state index is 0.0936. The molecule has 1 N–H and O–H groups in total. The zero-order chi connectivity index (χ0) is 19.0. The summed E-state index contributed by atoms with van der Waals surface area (Å²) in [6.07, 6.45) is 2.27. The van der Waals surface area contributed by atoms with Gasteiger partial charge in [-0.25, -0.2) is 0 Å². The molecular formula is C23H25ClN2O. The van der Waals surface area contributed by atoms with Gasteiger partial charge in [0.2, 0.25) is 5.91 Å². The summed E-state index contributed by atoms with van der Waals surface area (Å²) in [5, 5.41) is 1.95. The quantitative estimate of drug-likeness (QED) is 0.634. The van der Waals surface area contributed by atoms with Gasteiger partial charge in [-0.2, -0.15) is 0 Å². The van der Waals surface area contributed by atoms with Gasteiger partial charge in [-0.1, -0.05) is 55.8 Å². The molecule has 0 saturated heterocycles. The number of fused-ring (bicyclic) bond motifs is 3. The Morgan fingerprint density at radius 2 is 2.00 bits per heavy atom. The van der Waals surface area contributed by atoms with Crippen molar-refractivity contribution in [1.82, 2.24) is 9.88 Å². The van der Waals surface area contributed by atoms with Crippen molar-refractivity contribution in [2.75, 3.05) is 6.54 Å². The number of H-pyrrole nitrogens is 1. The molecule has 27 heavy (non-hydrogen) atoms. The van der Waals surface area contributed by atoms with Gasteiger partial charge in [0.25, 0.3) is 0 Å². The lowest BCUT2D eigenvalue weighted by atomic mass is 9.91. The molecular weight excluding hydrogens is 356 g/mol. The fourth-order valence-corrected chi connectivity index (χ4v) is 4.37. The Balaban J connectivity index is 1.69. The van der Waals surface area contributed by atoms with Crippen LogP contribution >= 0.6 is 11.6 Å². The molecule has 1 aromatic heterocycles. The van der Waals surface area contributed by atoms with Crippen LogP contribution in [0.25, 0.3) is 10.9 Å². The molecule has 0 aliphatic carbocycles. The predicted octanol–water partition coefficient (Wildman–Crippen LogP) is 5.54. The topological polar surface area (TPSA) is 36.1 Å². The Labute approximate surface area is 165 Å². The van der Waals surface area contributed by atoms with Crippen LogP contribution in [-0.4, -0.2) is 22.3 Å². The highest BCUT2D eigenvalue weighted by molar-refractivity contribution is 6.31. The summed E-state index contributed by atoms with van der Waals surface area (Å²) in [4.78, 5) is 18.8. The lowest BCUT2D eigenvalue weighted by Gasteiger charge is -2.37. The molecule has 2 heterocycles. The summed E-state index contributed by atoms with van der Waals surface area (Å²) >= 11 is 6.23. The summed E-state index contributed by atoms with van der Waals surface area (Å²) in [5.41, 5.74) is 4.69. The Morgan fingerprint density at radius 3 is 2.74 bits per heavy atom. The van der Waals surface area contributed by atoms with Crippen LogP contribution < -0.4 is 0 Å². The number of nitrogens with zero attached hydrogens (tertiary/aromatic N) is 1. The van der Waals surface area contributed by atoms with Crippen molar-refractivity contribution in [1.29, 1.82) is 0 Å². The number of hydrogen-bond acceptors (Lipinski definition) is 1. The third kappa shape index (κ3) is 3.61. The molecule has 4 heteroatoms. The lowest BCUT2D eigenvalue weighted by molar-refractivity contribution is -0.133. The molecule has 4 rings (SSSR count). The number of rotatable bonds is 4. The number of amides is 1. The fourth-order valence-electron chi connectivity index (χ4n) is 4.20. The average molecular weight is 381 g/mol. The van der Waals surface area contributed by atoms with Gasteiger partial charge in [-0.15, -0.1) is 0 Å². The number of benzene rings is 2. The van der Waals surface area contributed by atoms with E-state index in [0.717, 1.165) is 35.5 Å². The molecule has 0 fully saturated rings. The third-order valence-corrected chi connectivity index (χ3v) is 5.66. The maximum atomic E-state index is 13.1. The van der Waals surface area contributed by atoms with Gasteiger partial charge in [0, 0.05) is 28.2 Å². The van der Waals surface area contributed by atoms with Crippen molar-refractivity contribution >= 4 is 28.4 Å². The maximum Gasteiger partial charge on any atom is 0.227 e. The van der Waals surface area contributed by atoms with E-state index in [9.17, 15) is 4.79 Å². The SMILES string of the molecule is CC(C)CC1c2[nH]c3ccc(Cl)cc3c2CCN1C(=O)Cc1ccccc1. The molecule has 0 radical (unpaired) electrons. The van der Waals surface area contributed by atoms with Crippen molar-refractivity contribution in [2.45, 2.75) is 39.2 Å². The summed E-state index contributed by atoms with van der Waals surface area (Å²) in [6.45, 7) is 5.19. The van der Waals surface area contributed by atoms with Crippen LogP contribution in [0.3, 0.4) is 0 Å². The van der Waals surface area contributed by atoms with E-state index in [4.69, 9.17) is 11.6 Å². The van der Waals surface area contributed by atoms with E-state index in [1.807, 2.05) is 48.5 Å². The minimum Gasteiger partial charge on any atom is -0.356 e. The van der Waals surface area contributed by atoms with E-state index >= 15 is 0 Å². The van der Waals surface area contributed by atoms with Gasteiger partial charge in [-0.3, -0.25) is 4.79 Å². The smallest absolute Gasteiger partial charge is 0.227 e. The van der Waals surface area contributed by atoms with Crippen molar-refractivity contribution in [3.63, 3.8) is 0 Å². The molecule has 0 bridgehead atoms. The first-order valence-electron chi connectivity index (χ1n) is 9.66. The van der Waals surface area contributed by atoms with Crippen LogP contribution in [0, 0.1) is 5.92 Å². The van der Waals surface area contributed by atoms with Gasteiger partial charge < -0.3 is 9.88 Å². The van der Waals surface area contributed by atoms with E-state index < -0.39 is 0 Å². The number of hydrogen-bond donors (Lipinski definition) is 1. The number of carbonyl (C=O) groups is 1. The highest BCUT2D eigenvalue weighted by Crippen LogP contribution is 2.38. The Hall–Kier alpha value is -2.26. The molecule has 140 valence electrons. The van der Waals surface area contributed by atoms with Crippen LogP contribution in [0.1, 0.15) is 43.1 Å². The second-order valence-corrected chi connectivity index (χ2v) is 8.29. The van der Waals surface area contributed by atoms with Crippen molar-refractivity contribution in [3.05, 3.63) is 70.4 Å². The molecule has 1 aliphatic heterocycles. The molecule has 0 saturated carbocycles. The van der Waals surface area contributed by atoms with Crippen molar-refractivity contribution in [2.24, 2.45) is 5.92 Å².